The lowest BCUT2D eigenvalue weighted by molar-refractivity contribution is 0.0698. The van der Waals surface area contributed by atoms with Crippen molar-refractivity contribution in [2.75, 3.05) is 5.32 Å². The number of para-hydroxylation sites is 1. The number of halogens is 1. The number of aliphatic imine (C=N–C) groups is 1. The number of rotatable bonds is 5. The molecule has 3 aromatic rings. The summed E-state index contributed by atoms with van der Waals surface area (Å²) in [6.07, 6.45) is 3.42. The fraction of sp³-hybridized carbons (Fsp3) is 0.0500. The van der Waals surface area contributed by atoms with Gasteiger partial charge in [0.25, 0.3) is 0 Å². The maximum absolute atomic E-state index is 11.4. The number of pyridine rings is 1. The molecule has 0 saturated heterocycles. The number of benzene rings is 2. The van der Waals surface area contributed by atoms with Crippen LogP contribution in [0.5, 0.6) is 0 Å². The van der Waals surface area contributed by atoms with Gasteiger partial charge in [-0.15, -0.1) is 0 Å². The molecular weight excluding hydrogens is 350 g/mol. The Hall–Kier alpha value is -3.18. The minimum absolute atomic E-state index is 0.181. The summed E-state index contributed by atoms with van der Waals surface area (Å²) in [7, 11) is 0. The molecular formula is C20H16ClN3O2. The van der Waals surface area contributed by atoms with Crippen molar-refractivity contribution < 1.29 is 9.90 Å². The predicted molar refractivity (Wildman–Crippen MR) is 104 cm³/mol. The first-order valence-corrected chi connectivity index (χ1v) is 8.26. The van der Waals surface area contributed by atoms with Gasteiger partial charge in [0, 0.05) is 28.7 Å². The second-order valence-corrected chi connectivity index (χ2v) is 6.06. The van der Waals surface area contributed by atoms with Gasteiger partial charge >= 0.3 is 5.97 Å². The lowest BCUT2D eigenvalue weighted by Gasteiger charge is -2.12. The standard InChI is InChI=1S/C20H16ClN3O2/c1-13-6-7-14(11-22-13)12-23-19-10-15(21)8-9-18(19)24-17-5-3-2-4-16(17)20(25)26/h2-12,24H,1H3,(H,25,26). The van der Waals surface area contributed by atoms with Crippen LogP contribution in [0.1, 0.15) is 21.6 Å². The van der Waals surface area contributed by atoms with Crippen LogP contribution < -0.4 is 5.32 Å². The van der Waals surface area contributed by atoms with E-state index in [-0.39, 0.29) is 5.56 Å². The largest absolute Gasteiger partial charge is 0.478 e. The van der Waals surface area contributed by atoms with Gasteiger partial charge in [0.1, 0.15) is 0 Å². The van der Waals surface area contributed by atoms with Crippen LogP contribution in [-0.4, -0.2) is 22.3 Å². The minimum atomic E-state index is -1.00. The SMILES string of the molecule is Cc1ccc(C=Nc2cc(Cl)ccc2Nc2ccccc2C(=O)O)cn1. The Bertz CT molecular complexity index is 969. The molecule has 0 amide bonds. The van der Waals surface area contributed by atoms with Crippen molar-refractivity contribution in [2.24, 2.45) is 4.99 Å². The van der Waals surface area contributed by atoms with E-state index < -0.39 is 5.97 Å². The molecule has 0 aliphatic rings. The number of carboxylic acids is 1. The second-order valence-electron chi connectivity index (χ2n) is 5.63. The molecule has 1 heterocycles. The molecule has 6 heteroatoms. The summed E-state index contributed by atoms with van der Waals surface area (Å²) in [5.74, 6) is -1.00. The molecule has 2 aromatic carbocycles. The predicted octanol–water partition coefficient (Wildman–Crippen LogP) is 5.24. The Morgan fingerprint density at radius 3 is 2.69 bits per heavy atom. The third-order valence-corrected chi connectivity index (χ3v) is 3.91. The van der Waals surface area contributed by atoms with Crippen molar-refractivity contribution in [3.63, 3.8) is 0 Å². The highest BCUT2D eigenvalue weighted by molar-refractivity contribution is 6.31. The average molecular weight is 366 g/mol. The molecule has 0 unspecified atom stereocenters. The summed E-state index contributed by atoms with van der Waals surface area (Å²) in [6.45, 7) is 1.92. The van der Waals surface area contributed by atoms with Crippen LogP contribution in [0.25, 0.3) is 0 Å². The zero-order chi connectivity index (χ0) is 18.5. The molecule has 26 heavy (non-hydrogen) atoms. The molecule has 0 bridgehead atoms. The molecule has 0 radical (unpaired) electrons. The van der Waals surface area contributed by atoms with Gasteiger partial charge in [0.15, 0.2) is 0 Å². The monoisotopic (exact) mass is 365 g/mol. The van der Waals surface area contributed by atoms with Gasteiger partial charge < -0.3 is 10.4 Å². The van der Waals surface area contributed by atoms with Crippen molar-refractivity contribution >= 4 is 40.8 Å². The van der Waals surface area contributed by atoms with Gasteiger partial charge in [0.2, 0.25) is 0 Å². The van der Waals surface area contributed by atoms with Crippen LogP contribution in [0, 0.1) is 6.92 Å². The molecule has 2 N–H and O–H groups in total. The lowest BCUT2D eigenvalue weighted by Crippen LogP contribution is -2.02. The molecule has 0 spiro atoms. The number of anilines is 2. The summed E-state index contributed by atoms with van der Waals surface area (Å²) >= 11 is 6.10. The van der Waals surface area contributed by atoms with Crippen LogP contribution >= 0.6 is 11.6 Å². The van der Waals surface area contributed by atoms with Crippen LogP contribution in [0.2, 0.25) is 5.02 Å². The summed E-state index contributed by atoms with van der Waals surface area (Å²) in [5.41, 5.74) is 3.69. The first kappa shape index (κ1) is 17.6. The molecule has 130 valence electrons. The Morgan fingerprint density at radius 2 is 1.96 bits per heavy atom. The Morgan fingerprint density at radius 1 is 1.15 bits per heavy atom. The zero-order valence-corrected chi connectivity index (χ0v) is 14.7. The second kappa shape index (κ2) is 7.80. The van der Waals surface area contributed by atoms with Crippen molar-refractivity contribution in [1.82, 2.24) is 4.98 Å². The van der Waals surface area contributed by atoms with E-state index in [2.05, 4.69) is 15.3 Å². The van der Waals surface area contributed by atoms with E-state index in [1.807, 2.05) is 19.1 Å². The van der Waals surface area contributed by atoms with Crippen molar-refractivity contribution in [3.8, 4) is 0 Å². The van der Waals surface area contributed by atoms with E-state index in [9.17, 15) is 9.90 Å². The van der Waals surface area contributed by atoms with Gasteiger partial charge in [-0.2, -0.15) is 0 Å². The molecule has 3 rings (SSSR count). The van der Waals surface area contributed by atoms with Crippen LogP contribution in [0.15, 0.2) is 65.8 Å². The molecule has 5 nitrogen and oxygen atoms in total. The van der Waals surface area contributed by atoms with Gasteiger partial charge in [-0.25, -0.2) is 4.79 Å². The number of aryl methyl sites for hydroxylation is 1. The molecule has 0 fully saturated rings. The Labute approximate surface area is 156 Å². The molecule has 0 aliphatic carbocycles. The Balaban J connectivity index is 1.94. The summed E-state index contributed by atoms with van der Waals surface area (Å²) in [4.78, 5) is 20.1. The number of hydrogen-bond acceptors (Lipinski definition) is 4. The van der Waals surface area contributed by atoms with Gasteiger partial charge in [0.05, 0.1) is 22.6 Å². The molecule has 1 aromatic heterocycles. The van der Waals surface area contributed by atoms with Crippen LogP contribution in [0.4, 0.5) is 17.1 Å². The van der Waals surface area contributed by atoms with Gasteiger partial charge in [-0.05, 0) is 43.3 Å². The summed E-state index contributed by atoms with van der Waals surface area (Å²) in [5, 5.41) is 13.0. The highest BCUT2D eigenvalue weighted by atomic mass is 35.5. The van der Waals surface area contributed by atoms with Gasteiger partial charge in [-0.1, -0.05) is 29.8 Å². The molecule has 0 aliphatic heterocycles. The number of nitrogens with one attached hydrogen (secondary N) is 1. The lowest BCUT2D eigenvalue weighted by atomic mass is 10.1. The summed E-state index contributed by atoms with van der Waals surface area (Å²) < 4.78 is 0. The molecule has 0 atom stereocenters. The van der Waals surface area contributed by atoms with Crippen LogP contribution in [-0.2, 0) is 0 Å². The van der Waals surface area contributed by atoms with E-state index in [1.165, 1.54) is 0 Å². The van der Waals surface area contributed by atoms with E-state index in [1.54, 1.807) is 54.9 Å². The van der Waals surface area contributed by atoms with Crippen LogP contribution in [0.3, 0.4) is 0 Å². The third kappa shape index (κ3) is 4.26. The number of aromatic carboxylic acids is 1. The van der Waals surface area contributed by atoms with E-state index in [0.29, 0.717) is 22.1 Å². The third-order valence-electron chi connectivity index (χ3n) is 3.67. The molecule has 0 saturated carbocycles. The topological polar surface area (TPSA) is 74.6 Å². The number of aromatic nitrogens is 1. The maximum atomic E-state index is 11.4. The fourth-order valence-electron chi connectivity index (χ4n) is 2.34. The quantitative estimate of drug-likeness (QED) is 0.606. The zero-order valence-electron chi connectivity index (χ0n) is 14.0. The van der Waals surface area contributed by atoms with E-state index >= 15 is 0 Å². The van der Waals surface area contributed by atoms with Crippen molar-refractivity contribution in [3.05, 3.63) is 82.6 Å². The van der Waals surface area contributed by atoms with E-state index in [4.69, 9.17) is 11.6 Å². The first-order chi connectivity index (χ1) is 12.5. The highest BCUT2D eigenvalue weighted by Crippen LogP contribution is 2.32. The Kier molecular flexibility index (Phi) is 5.29. The minimum Gasteiger partial charge on any atom is -0.478 e. The summed E-state index contributed by atoms with van der Waals surface area (Å²) in [6, 6.07) is 15.7. The fourth-order valence-corrected chi connectivity index (χ4v) is 2.51. The normalized spacial score (nSPS) is 10.8. The average Bonchev–Trinajstić information content (AvgIpc) is 2.63. The maximum Gasteiger partial charge on any atom is 0.337 e. The first-order valence-electron chi connectivity index (χ1n) is 7.88. The van der Waals surface area contributed by atoms with E-state index in [0.717, 1.165) is 11.3 Å². The van der Waals surface area contributed by atoms with Crippen molar-refractivity contribution in [2.45, 2.75) is 6.92 Å². The highest BCUT2D eigenvalue weighted by Gasteiger charge is 2.11. The number of nitrogens with zero attached hydrogens (tertiary/aromatic N) is 2. The number of hydrogen-bond donors (Lipinski definition) is 2. The van der Waals surface area contributed by atoms with Crippen molar-refractivity contribution in [1.29, 1.82) is 0 Å². The number of carbonyl (C=O) groups is 1. The van der Waals surface area contributed by atoms with Gasteiger partial charge in [-0.3, -0.25) is 9.98 Å². The number of carboxylic acid groups (broad SMARTS) is 1. The smallest absolute Gasteiger partial charge is 0.337 e.